The van der Waals surface area contributed by atoms with E-state index in [4.69, 9.17) is 30.2 Å². The van der Waals surface area contributed by atoms with Crippen LogP contribution in [0.4, 0.5) is 0 Å². The van der Waals surface area contributed by atoms with Gasteiger partial charge in [-0.3, -0.25) is 4.52 Å². The van der Waals surface area contributed by atoms with Gasteiger partial charge in [0, 0.05) is 17.4 Å². The van der Waals surface area contributed by atoms with E-state index in [2.05, 4.69) is 15.2 Å². The minimum absolute atomic E-state index is 0.311. The highest BCUT2D eigenvalue weighted by molar-refractivity contribution is 8.07. The lowest BCUT2D eigenvalue weighted by molar-refractivity contribution is 0.214. The van der Waals surface area contributed by atoms with E-state index < -0.39 is 6.72 Å². The molecule has 0 fully saturated rings. The zero-order chi connectivity index (χ0) is 20.5. The van der Waals surface area contributed by atoms with Gasteiger partial charge in [0.2, 0.25) is 0 Å². The average molecular weight is 432 g/mol. The van der Waals surface area contributed by atoms with Gasteiger partial charge in [0.05, 0.1) is 20.3 Å². The molecule has 0 aliphatic carbocycles. The van der Waals surface area contributed by atoms with E-state index in [0.717, 1.165) is 5.56 Å². The van der Waals surface area contributed by atoms with E-state index in [-0.39, 0.29) is 0 Å². The molecule has 3 aromatic rings. The van der Waals surface area contributed by atoms with Crippen LogP contribution in [-0.2, 0) is 27.5 Å². The van der Waals surface area contributed by atoms with Gasteiger partial charge in [-0.15, -0.1) is 0 Å². The predicted octanol–water partition coefficient (Wildman–Crippen LogP) is 4.05. The third kappa shape index (κ3) is 5.87. The number of hydrogen-bond donors (Lipinski definition) is 0. The zero-order valence-electron chi connectivity index (χ0n) is 16.0. The quantitative estimate of drug-likeness (QED) is 0.272. The fourth-order valence-corrected chi connectivity index (χ4v) is 4.11. The van der Waals surface area contributed by atoms with E-state index >= 15 is 0 Å². The Morgan fingerprint density at radius 1 is 1.10 bits per heavy atom. The normalized spacial score (nSPS) is 13.5. The lowest BCUT2D eigenvalue weighted by Gasteiger charge is -2.20. The highest BCUT2D eigenvalue weighted by Gasteiger charge is 2.26. The average Bonchev–Trinajstić information content (AvgIpc) is 3.25. The second-order valence-corrected chi connectivity index (χ2v) is 8.53. The first-order valence-corrected chi connectivity index (χ1v) is 11.4. The smallest absolute Gasteiger partial charge is 0.455 e. The summed E-state index contributed by atoms with van der Waals surface area (Å²) in [5.41, 5.74) is 1.46. The molecule has 0 bridgehead atoms. The number of hydrogen-bond acceptors (Lipinski definition) is 8. The maximum atomic E-state index is 5.90. The van der Waals surface area contributed by atoms with Crippen LogP contribution in [0.25, 0.3) is 0 Å². The van der Waals surface area contributed by atoms with Gasteiger partial charge >= 0.3 is 6.72 Å². The lowest BCUT2D eigenvalue weighted by Crippen LogP contribution is -2.13. The van der Waals surface area contributed by atoms with Crippen molar-refractivity contribution in [2.24, 2.45) is 5.16 Å². The van der Waals surface area contributed by atoms with Crippen LogP contribution in [0.2, 0.25) is 0 Å². The van der Waals surface area contributed by atoms with Gasteiger partial charge in [-0.2, -0.15) is 5.10 Å². The van der Waals surface area contributed by atoms with Crippen molar-refractivity contribution in [3.63, 3.8) is 0 Å². The lowest BCUT2D eigenvalue weighted by atomic mass is 10.1. The summed E-state index contributed by atoms with van der Waals surface area (Å²) in [5, 5.41) is 8.42. The fraction of sp³-hybridized carbons (Fsp3) is 0.211. The molecule has 1 atom stereocenters. The van der Waals surface area contributed by atoms with Crippen molar-refractivity contribution in [1.29, 1.82) is 0 Å². The topological polar surface area (TPSA) is 80.0 Å². The van der Waals surface area contributed by atoms with Crippen molar-refractivity contribution in [3.05, 3.63) is 72.8 Å². The van der Waals surface area contributed by atoms with Crippen LogP contribution in [0, 0.1) is 0 Å². The van der Waals surface area contributed by atoms with Gasteiger partial charge in [0.1, 0.15) is 18.4 Å². The van der Waals surface area contributed by atoms with Crippen LogP contribution in [-0.4, -0.2) is 34.2 Å². The van der Waals surface area contributed by atoms with Gasteiger partial charge < -0.3 is 13.9 Å². The summed E-state index contributed by atoms with van der Waals surface area (Å²) in [4.78, 5) is 3.96. The zero-order valence-corrected chi connectivity index (χ0v) is 17.8. The molecule has 0 radical (unpaired) electrons. The molecule has 0 aliphatic rings. The van der Waals surface area contributed by atoms with E-state index in [0.29, 0.717) is 30.4 Å². The Labute approximate surface area is 174 Å². The second-order valence-electron chi connectivity index (χ2n) is 5.69. The second kappa shape index (κ2) is 10.2. The summed E-state index contributed by atoms with van der Waals surface area (Å²) in [6.07, 6.45) is 3.06. The first-order valence-electron chi connectivity index (χ1n) is 8.84. The SMILES string of the molecule is CCOP(=S)(O/N=C(\Cn1cncn1)c1ccccc1)Oc1ccccc1OC. The maximum absolute atomic E-state index is 5.90. The molecule has 0 saturated carbocycles. The Morgan fingerprint density at radius 2 is 1.83 bits per heavy atom. The standard InChI is InChI=1S/C19H21N4O4PS/c1-3-25-28(29,26-19-12-8-7-11-18(19)24-2)27-22-17(13-23-15-20-14-21-23)16-9-5-4-6-10-16/h4-12,14-15H,3,13H2,1-2H3/b22-17+. The van der Waals surface area contributed by atoms with Gasteiger partial charge in [-0.25, -0.2) is 9.67 Å². The monoisotopic (exact) mass is 432 g/mol. The minimum Gasteiger partial charge on any atom is -0.493 e. The van der Waals surface area contributed by atoms with E-state index in [1.54, 1.807) is 30.3 Å². The summed E-state index contributed by atoms with van der Waals surface area (Å²) in [7, 11) is 1.55. The Hall–Kier alpha value is -2.74. The van der Waals surface area contributed by atoms with Gasteiger partial charge in [-0.1, -0.05) is 47.6 Å². The van der Waals surface area contributed by atoms with Crippen molar-refractivity contribution in [3.8, 4) is 11.5 Å². The number of methoxy groups -OCH3 is 1. The largest absolute Gasteiger partial charge is 0.493 e. The maximum Gasteiger partial charge on any atom is 0.455 e. The number of oxime groups is 1. The van der Waals surface area contributed by atoms with Crippen molar-refractivity contribution < 1.29 is 18.4 Å². The summed E-state index contributed by atoms with van der Waals surface area (Å²) in [6, 6.07) is 16.7. The Bertz CT molecular complexity index is 983. The summed E-state index contributed by atoms with van der Waals surface area (Å²) >= 11 is 5.55. The Kier molecular flexibility index (Phi) is 7.35. The molecular formula is C19H21N4O4PS. The van der Waals surface area contributed by atoms with Crippen LogP contribution >= 0.6 is 6.72 Å². The summed E-state index contributed by atoms with van der Waals surface area (Å²) < 4.78 is 24.2. The van der Waals surface area contributed by atoms with Crippen molar-refractivity contribution in [2.75, 3.05) is 13.7 Å². The van der Waals surface area contributed by atoms with Gasteiger partial charge in [0.25, 0.3) is 0 Å². The number of aromatic nitrogens is 3. The van der Waals surface area contributed by atoms with Crippen LogP contribution in [0.15, 0.2) is 72.4 Å². The number of rotatable bonds is 10. The highest BCUT2D eigenvalue weighted by atomic mass is 32.5. The first-order chi connectivity index (χ1) is 14.1. The minimum atomic E-state index is -3.23. The van der Waals surface area contributed by atoms with E-state index in [9.17, 15) is 0 Å². The van der Waals surface area contributed by atoms with Crippen molar-refractivity contribution in [2.45, 2.75) is 13.5 Å². The van der Waals surface area contributed by atoms with E-state index in [1.165, 1.54) is 6.33 Å². The predicted molar refractivity (Wildman–Crippen MR) is 114 cm³/mol. The molecule has 1 heterocycles. The van der Waals surface area contributed by atoms with Gasteiger partial charge in [-0.05, 0) is 19.1 Å². The molecule has 3 rings (SSSR count). The number of nitrogens with zero attached hydrogens (tertiary/aromatic N) is 4. The molecule has 10 heteroatoms. The molecule has 1 aromatic heterocycles. The fourth-order valence-electron chi connectivity index (χ4n) is 2.41. The van der Waals surface area contributed by atoms with Crippen LogP contribution in [0.5, 0.6) is 11.5 Å². The molecule has 0 N–H and O–H groups in total. The molecule has 0 aliphatic heterocycles. The molecule has 8 nitrogen and oxygen atoms in total. The highest BCUT2D eigenvalue weighted by Crippen LogP contribution is 2.52. The Morgan fingerprint density at radius 3 is 2.48 bits per heavy atom. The summed E-state index contributed by atoms with van der Waals surface area (Å²) in [5.74, 6) is 0.958. The van der Waals surface area contributed by atoms with Crippen molar-refractivity contribution in [1.82, 2.24) is 14.8 Å². The van der Waals surface area contributed by atoms with Crippen LogP contribution < -0.4 is 9.26 Å². The molecule has 0 amide bonds. The molecule has 0 spiro atoms. The van der Waals surface area contributed by atoms with Gasteiger partial charge in [0.15, 0.2) is 11.5 Å². The first kappa shape index (κ1) is 21.0. The third-order valence-electron chi connectivity index (χ3n) is 3.70. The van der Waals surface area contributed by atoms with E-state index in [1.807, 2.05) is 49.4 Å². The number of para-hydroxylation sites is 2. The number of benzene rings is 2. The third-order valence-corrected chi connectivity index (χ3v) is 5.72. The Balaban J connectivity index is 1.88. The van der Waals surface area contributed by atoms with Crippen molar-refractivity contribution >= 4 is 24.2 Å². The van der Waals surface area contributed by atoms with Crippen LogP contribution in [0.3, 0.4) is 0 Å². The molecular weight excluding hydrogens is 411 g/mol. The summed E-state index contributed by atoms with van der Waals surface area (Å²) in [6.45, 7) is -0.754. The molecule has 152 valence electrons. The molecule has 29 heavy (non-hydrogen) atoms. The molecule has 1 unspecified atom stereocenters. The molecule has 2 aromatic carbocycles. The van der Waals surface area contributed by atoms with Crippen LogP contribution in [0.1, 0.15) is 12.5 Å². The number of ether oxygens (including phenoxy) is 1. The molecule has 0 saturated heterocycles.